The van der Waals surface area contributed by atoms with E-state index in [-0.39, 0.29) is 22.7 Å². The van der Waals surface area contributed by atoms with Gasteiger partial charge in [-0.15, -0.1) is 0 Å². The van der Waals surface area contributed by atoms with Gasteiger partial charge in [0.2, 0.25) is 5.78 Å². The molecule has 0 saturated carbocycles. The number of para-hydroxylation sites is 3. The van der Waals surface area contributed by atoms with Crippen molar-refractivity contribution in [3.05, 3.63) is 100 Å². The second kappa shape index (κ2) is 6.85. The zero-order valence-electron chi connectivity index (χ0n) is 15.5. The lowest BCUT2D eigenvalue weighted by molar-refractivity contribution is -0.384. The SMILES string of the molecule is O=C(c1ccc([N+](=O)[O-])cc1)c1nn(-c2ccccc2)c2nc3ccccc3nc12. The minimum absolute atomic E-state index is 0.0861. The highest BCUT2D eigenvalue weighted by atomic mass is 16.6. The van der Waals surface area contributed by atoms with Crippen LogP contribution in [0.3, 0.4) is 0 Å². The number of aromatic nitrogens is 4. The number of nitro groups is 1. The van der Waals surface area contributed by atoms with E-state index in [1.807, 2.05) is 54.6 Å². The van der Waals surface area contributed by atoms with E-state index in [1.54, 1.807) is 4.68 Å². The van der Waals surface area contributed by atoms with E-state index in [4.69, 9.17) is 0 Å². The van der Waals surface area contributed by atoms with Crippen molar-refractivity contribution in [2.24, 2.45) is 0 Å². The van der Waals surface area contributed by atoms with Crippen LogP contribution in [0, 0.1) is 10.1 Å². The molecule has 0 fully saturated rings. The zero-order chi connectivity index (χ0) is 20.7. The van der Waals surface area contributed by atoms with Crippen molar-refractivity contribution in [2.75, 3.05) is 0 Å². The Balaban J connectivity index is 1.73. The van der Waals surface area contributed by atoms with Crippen molar-refractivity contribution in [1.82, 2.24) is 19.7 Å². The molecule has 144 valence electrons. The molecule has 8 nitrogen and oxygen atoms in total. The molecule has 5 aromatic rings. The predicted octanol–water partition coefficient (Wildman–Crippen LogP) is 4.11. The number of hydrogen-bond donors (Lipinski definition) is 0. The summed E-state index contributed by atoms with van der Waals surface area (Å²) in [7, 11) is 0. The number of nitro benzene ring substituents is 1. The highest BCUT2D eigenvalue weighted by molar-refractivity contribution is 6.14. The molecule has 2 heterocycles. The largest absolute Gasteiger partial charge is 0.287 e. The van der Waals surface area contributed by atoms with E-state index < -0.39 is 4.92 Å². The third kappa shape index (κ3) is 2.87. The van der Waals surface area contributed by atoms with Gasteiger partial charge in [-0.3, -0.25) is 14.9 Å². The van der Waals surface area contributed by atoms with Gasteiger partial charge in [-0.1, -0.05) is 30.3 Å². The molecule has 0 aliphatic carbocycles. The molecule has 0 radical (unpaired) electrons. The van der Waals surface area contributed by atoms with Gasteiger partial charge in [0, 0.05) is 17.7 Å². The lowest BCUT2D eigenvalue weighted by atomic mass is 10.1. The summed E-state index contributed by atoms with van der Waals surface area (Å²) in [4.78, 5) is 32.9. The Morgan fingerprint density at radius 1 is 0.833 bits per heavy atom. The van der Waals surface area contributed by atoms with Gasteiger partial charge in [-0.25, -0.2) is 14.6 Å². The minimum Gasteiger partial charge on any atom is -0.287 e. The first-order valence-corrected chi connectivity index (χ1v) is 9.12. The van der Waals surface area contributed by atoms with Crippen molar-refractivity contribution in [3.63, 3.8) is 0 Å². The first-order valence-electron chi connectivity index (χ1n) is 9.12. The summed E-state index contributed by atoms with van der Waals surface area (Å²) in [6.07, 6.45) is 0. The molecule has 0 saturated heterocycles. The number of non-ortho nitro benzene ring substituents is 1. The van der Waals surface area contributed by atoms with Crippen molar-refractivity contribution in [3.8, 4) is 5.69 Å². The van der Waals surface area contributed by atoms with Crippen LogP contribution in [-0.4, -0.2) is 30.5 Å². The van der Waals surface area contributed by atoms with Gasteiger partial charge in [0.05, 0.1) is 21.6 Å². The van der Waals surface area contributed by atoms with Crippen LogP contribution in [0.5, 0.6) is 0 Å². The Morgan fingerprint density at radius 2 is 1.47 bits per heavy atom. The molecule has 3 aromatic carbocycles. The molecule has 0 spiro atoms. The Morgan fingerprint density at radius 3 is 2.13 bits per heavy atom. The van der Waals surface area contributed by atoms with Gasteiger partial charge < -0.3 is 0 Å². The molecule has 0 aliphatic heterocycles. The van der Waals surface area contributed by atoms with E-state index >= 15 is 0 Å². The van der Waals surface area contributed by atoms with Crippen LogP contribution < -0.4 is 0 Å². The molecule has 0 atom stereocenters. The number of carbonyl (C=O) groups excluding carboxylic acids is 1. The summed E-state index contributed by atoms with van der Waals surface area (Å²) in [6, 6.07) is 22.2. The van der Waals surface area contributed by atoms with E-state index in [2.05, 4.69) is 15.1 Å². The molecule has 8 heteroatoms. The fraction of sp³-hybridized carbons (Fsp3) is 0. The second-order valence-electron chi connectivity index (χ2n) is 6.61. The molecule has 0 bridgehead atoms. The van der Waals surface area contributed by atoms with Crippen LogP contribution in [0.15, 0.2) is 78.9 Å². The van der Waals surface area contributed by atoms with E-state index in [1.165, 1.54) is 24.3 Å². The first kappa shape index (κ1) is 17.6. The summed E-state index contributed by atoms with van der Waals surface area (Å²) in [5, 5.41) is 15.4. The Labute approximate surface area is 169 Å². The Hall–Kier alpha value is -4.46. The maximum absolute atomic E-state index is 13.2. The van der Waals surface area contributed by atoms with Crippen LogP contribution in [-0.2, 0) is 0 Å². The Bertz CT molecular complexity index is 1430. The van der Waals surface area contributed by atoms with Gasteiger partial charge in [0.15, 0.2) is 11.3 Å². The number of fused-ring (bicyclic) bond motifs is 2. The third-order valence-corrected chi connectivity index (χ3v) is 4.73. The number of rotatable bonds is 4. The van der Waals surface area contributed by atoms with Crippen LogP contribution in [0.1, 0.15) is 16.1 Å². The van der Waals surface area contributed by atoms with E-state index in [0.29, 0.717) is 22.2 Å². The van der Waals surface area contributed by atoms with Gasteiger partial charge in [0.1, 0.15) is 5.52 Å². The predicted molar refractivity (Wildman–Crippen MR) is 111 cm³/mol. The topological polar surface area (TPSA) is 104 Å². The average molecular weight is 395 g/mol. The van der Waals surface area contributed by atoms with Gasteiger partial charge in [0.25, 0.3) is 5.69 Å². The molecule has 0 unspecified atom stereocenters. The smallest absolute Gasteiger partial charge is 0.269 e. The number of benzene rings is 3. The first-order chi connectivity index (χ1) is 14.6. The maximum Gasteiger partial charge on any atom is 0.269 e. The molecular formula is C22H13N5O3. The number of carbonyl (C=O) groups is 1. The number of nitrogens with zero attached hydrogens (tertiary/aromatic N) is 5. The van der Waals surface area contributed by atoms with Gasteiger partial charge >= 0.3 is 0 Å². The molecule has 0 aliphatic rings. The lowest BCUT2D eigenvalue weighted by Gasteiger charge is -2.02. The van der Waals surface area contributed by atoms with Crippen LogP contribution in [0.25, 0.3) is 27.9 Å². The summed E-state index contributed by atoms with van der Waals surface area (Å²) in [5.41, 5.74) is 3.26. The highest BCUT2D eigenvalue weighted by Gasteiger charge is 2.23. The number of hydrogen-bond acceptors (Lipinski definition) is 6. The van der Waals surface area contributed by atoms with Gasteiger partial charge in [-0.05, 0) is 36.4 Å². The summed E-state index contributed by atoms with van der Waals surface area (Å²) in [6.45, 7) is 0. The molecular weight excluding hydrogens is 382 g/mol. The normalized spacial score (nSPS) is 11.1. The highest BCUT2D eigenvalue weighted by Crippen LogP contribution is 2.24. The standard InChI is InChI=1S/C22H13N5O3/c28-21(14-10-12-16(13-11-14)27(29)30)19-20-22(24-18-9-5-4-8-17(18)23-20)26(25-19)15-6-2-1-3-7-15/h1-13H. The van der Waals surface area contributed by atoms with Gasteiger partial charge in [-0.2, -0.15) is 5.10 Å². The quantitative estimate of drug-likeness (QED) is 0.258. The molecule has 30 heavy (non-hydrogen) atoms. The lowest BCUT2D eigenvalue weighted by Crippen LogP contribution is -2.05. The third-order valence-electron chi connectivity index (χ3n) is 4.73. The van der Waals surface area contributed by atoms with Crippen LogP contribution in [0.4, 0.5) is 5.69 Å². The van der Waals surface area contributed by atoms with Crippen LogP contribution in [0.2, 0.25) is 0 Å². The molecule has 5 rings (SSSR count). The minimum atomic E-state index is -0.509. The zero-order valence-corrected chi connectivity index (χ0v) is 15.5. The van der Waals surface area contributed by atoms with Crippen LogP contribution >= 0.6 is 0 Å². The average Bonchev–Trinajstić information content (AvgIpc) is 3.16. The van der Waals surface area contributed by atoms with E-state index in [9.17, 15) is 14.9 Å². The molecule has 0 amide bonds. The molecule has 0 N–H and O–H groups in total. The Kier molecular flexibility index (Phi) is 4.03. The second-order valence-corrected chi connectivity index (χ2v) is 6.61. The van der Waals surface area contributed by atoms with Crippen molar-refractivity contribution < 1.29 is 9.72 Å². The summed E-state index contributed by atoms with van der Waals surface area (Å²) in [5.74, 6) is -0.380. The van der Waals surface area contributed by atoms with Crippen molar-refractivity contribution in [2.45, 2.75) is 0 Å². The summed E-state index contributed by atoms with van der Waals surface area (Å²) < 4.78 is 1.59. The fourth-order valence-corrected chi connectivity index (χ4v) is 3.27. The number of ketones is 1. The van der Waals surface area contributed by atoms with Crippen molar-refractivity contribution in [1.29, 1.82) is 0 Å². The monoisotopic (exact) mass is 395 g/mol. The fourth-order valence-electron chi connectivity index (χ4n) is 3.27. The summed E-state index contributed by atoms with van der Waals surface area (Å²) >= 11 is 0. The van der Waals surface area contributed by atoms with E-state index in [0.717, 1.165) is 5.69 Å². The van der Waals surface area contributed by atoms with Crippen molar-refractivity contribution >= 4 is 33.7 Å². The maximum atomic E-state index is 13.2. The molecule has 2 aromatic heterocycles.